The first-order valence-electron chi connectivity index (χ1n) is 6.03. The first-order valence-corrected chi connectivity index (χ1v) is 6.56. The number of aryl methyl sites for hydroxylation is 1. The summed E-state index contributed by atoms with van der Waals surface area (Å²) in [4.78, 5) is 13.0. The molecule has 8 heteroatoms. The third kappa shape index (κ3) is 2.32. The molecule has 0 aliphatic rings. The number of imidazole rings is 1. The Balaban J connectivity index is 2.11. The van der Waals surface area contributed by atoms with Crippen molar-refractivity contribution in [1.29, 1.82) is 0 Å². The Kier molecular flexibility index (Phi) is 3.51. The van der Waals surface area contributed by atoms with E-state index in [1.165, 1.54) is 6.39 Å². The highest BCUT2D eigenvalue weighted by Gasteiger charge is 2.14. The maximum Gasteiger partial charge on any atom is 0.215 e. The Bertz CT molecular complexity index is 710. The lowest BCUT2D eigenvalue weighted by molar-refractivity contribution is 0.398. The second kappa shape index (κ2) is 5.46. The van der Waals surface area contributed by atoms with Crippen molar-refractivity contribution in [2.75, 3.05) is 13.0 Å². The molecule has 0 fully saturated rings. The number of ether oxygens (including phenoxy) is 1. The summed E-state index contributed by atoms with van der Waals surface area (Å²) in [7, 11) is 1.58. The van der Waals surface area contributed by atoms with E-state index in [1.807, 2.05) is 10.6 Å². The van der Waals surface area contributed by atoms with Crippen LogP contribution in [0.3, 0.4) is 0 Å². The van der Waals surface area contributed by atoms with Gasteiger partial charge in [-0.15, -0.1) is 11.6 Å². The summed E-state index contributed by atoms with van der Waals surface area (Å²) >= 11 is 5.83. The third-order valence-corrected chi connectivity index (χ3v) is 3.07. The van der Waals surface area contributed by atoms with Crippen LogP contribution in [0.15, 0.2) is 23.0 Å². The molecule has 20 heavy (non-hydrogen) atoms. The zero-order chi connectivity index (χ0) is 13.9. The Hall–Kier alpha value is -2.15. The fraction of sp³-hybridized carbons (Fsp3) is 0.333. The number of rotatable bonds is 5. The van der Waals surface area contributed by atoms with Gasteiger partial charge >= 0.3 is 0 Å². The smallest absolute Gasteiger partial charge is 0.215 e. The molecule has 3 aromatic heterocycles. The van der Waals surface area contributed by atoms with Gasteiger partial charge in [-0.2, -0.15) is 9.97 Å². The lowest BCUT2D eigenvalue weighted by atomic mass is 10.4. The minimum atomic E-state index is 0.430. The van der Waals surface area contributed by atoms with Crippen molar-refractivity contribution < 1.29 is 9.26 Å². The Morgan fingerprint density at radius 3 is 2.95 bits per heavy atom. The van der Waals surface area contributed by atoms with E-state index in [1.54, 1.807) is 13.2 Å². The summed E-state index contributed by atoms with van der Waals surface area (Å²) in [5, 5.41) is 3.82. The molecule has 7 nitrogen and oxygen atoms in total. The van der Waals surface area contributed by atoms with Crippen LogP contribution in [0.1, 0.15) is 11.6 Å². The molecular formula is C12H12ClN5O2. The zero-order valence-electron chi connectivity index (χ0n) is 10.8. The van der Waals surface area contributed by atoms with E-state index in [9.17, 15) is 0 Å². The zero-order valence-corrected chi connectivity index (χ0v) is 11.5. The molecule has 104 valence electrons. The molecule has 0 aliphatic heterocycles. The molecule has 3 aromatic rings. The minimum absolute atomic E-state index is 0.430. The Morgan fingerprint density at radius 1 is 1.35 bits per heavy atom. The van der Waals surface area contributed by atoms with Gasteiger partial charge in [-0.1, -0.05) is 5.16 Å². The fourth-order valence-electron chi connectivity index (χ4n) is 1.99. The van der Waals surface area contributed by atoms with Gasteiger partial charge in [-0.25, -0.2) is 4.98 Å². The highest BCUT2D eigenvalue weighted by molar-refractivity contribution is 6.17. The number of hydrogen-bond acceptors (Lipinski definition) is 6. The second-order valence-corrected chi connectivity index (χ2v) is 4.47. The van der Waals surface area contributed by atoms with Crippen LogP contribution in [-0.2, 0) is 13.0 Å². The van der Waals surface area contributed by atoms with Crippen LogP contribution in [0, 0.1) is 0 Å². The van der Waals surface area contributed by atoms with Crippen LogP contribution in [0.5, 0.6) is 5.88 Å². The van der Waals surface area contributed by atoms with E-state index in [0.29, 0.717) is 36.2 Å². The van der Waals surface area contributed by atoms with Crippen molar-refractivity contribution in [3.05, 3.63) is 30.2 Å². The molecule has 0 aliphatic carbocycles. The number of nitrogens with zero attached hydrogens (tertiary/aromatic N) is 5. The number of methoxy groups -OCH3 is 1. The molecular weight excluding hydrogens is 282 g/mol. The Morgan fingerprint density at radius 2 is 2.25 bits per heavy atom. The predicted molar refractivity (Wildman–Crippen MR) is 71.9 cm³/mol. The maximum atomic E-state index is 5.83. The predicted octanol–water partition coefficient (Wildman–Crippen LogP) is 1.65. The number of hydrogen-bond donors (Lipinski definition) is 0. The highest BCUT2D eigenvalue weighted by Crippen LogP contribution is 2.19. The first kappa shape index (κ1) is 12.9. The molecule has 0 saturated carbocycles. The van der Waals surface area contributed by atoms with Gasteiger partial charge in [0.15, 0.2) is 11.5 Å². The van der Waals surface area contributed by atoms with Gasteiger partial charge in [0.05, 0.1) is 13.7 Å². The molecule has 3 heterocycles. The first-order chi connectivity index (χ1) is 9.81. The van der Waals surface area contributed by atoms with E-state index < -0.39 is 0 Å². The lowest BCUT2D eigenvalue weighted by Crippen LogP contribution is -2.08. The molecule has 0 amide bonds. The SMILES string of the molecule is COc1ccc2nc(CCCl)n(Cc3ncon3)c2n1. The van der Waals surface area contributed by atoms with E-state index >= 15 is 0 Å². The van der Waals surface area contributed by atoms with Crippen LogP contribution in [0.2, 0.25) is 0 Å². The third-order valence-electron chi connectivity index (χ3n) is 2.88. The molecule has 0 aromatic carbocycles. The molecule has 0 bridgehead atoms. The standard InChI is InChI=1S/C12H12ClN5O2/c1-19-11-3-2-8-12(16-11)18(10(15-8)4-5-13)6-9-14-7-20-17-9/h2-3,7H,4-6H2,1H3. The summed E-state index contributed by atoms with van der Waals surface area (Å²) in [6.45, 7) is 0.430. The molecule has 0 N–H and O–H groups in total. The van der Waals surface area contributed by atoms with Gasteiger partial charge < -0.3 is 13.8 Å². The summed E-state index contributed by atoms with van der Waals surface area (Å²) < 4.78 is 11.8. The quantitative estimate of drug-likeness (QED) is 0.666. The van der Waals surface area contributed by atoms with Crippen molar-refractivity contribution in [3.8, 4) is 5.88 Å². The number of halogens is 1. The van der Waals surface area contributed by atoms with Crippen LogP contribution in [-0.4, -0.2) is 37.7 Å². The van der Waals surface area contributed by atoms with Gasteiger partial charge in [-0.05, 0) is 6.07 Å². The maximum absolute atomic E-state index is 5.83. The second-order valence-electron chi connectivity index (χ2n) is 4.10. The van der Waals surface area contributed by atoms with Crippen molar-refractivity contribution in [2.45, 2.75) is 13.0 Å². The van der Waals surface area contributed by atoms with E-state index in [0.717, 1.165) is 11.3 Å². The van der Waals surface area contributed by atoms with Crippen molar-refractivity contribution >= 4 is 22.8 Å². The largest absolute Gasteiger partial charge is 0.481 e. The van der Waals surface area contributed by atoms with Crippen LogP contribution in [0.4, 0.5) is 0 Å². The van der Waals surface area contributed by atoms with Gasteiger partial charge in [-0.3, -0.25) is 0 Å². The van der Waals surface area contributed by atoms with Crippen molar-refractivity contribution in [1.82, 2.24) is 24.7 Å². The average Bonchev–Trinajstić information content (AvgIpc) is 3.08. The summed E-state index contributed by atoms with van der Waals surface area (Å²) in [5.41, 5.74) is 1.50. The minimum Gasteiger partial charge on any atom is -0.481 e. The average molecular weight is 294 g/mol. The molecule has 0 spiro atoms. The topological polar surface area (TPSA) is 78.9 Å². The summed E-state index contributed by atoms with van der Waals surface area (Å²) in [5.74, 6) is 2.40. The van der Waals surface area contributed by atoms with Crippen LogP contribution >= 0.6 is 11.6 Å². The van der Waals surface area contributed by atoms with Gasteiger partial charge in [0, 0.05) is 18.4 Å². The van der Waals surface area contributed by atoms with Gasteiger partial charge in [0.1, 0.15) is 11.3 Å². The normalized spacial score (nSPS) is 11.1. The summed E-state index contributed by atoms with van der Waals surface area (Å²) in [6, 6.07) is 3.64. The number of aromatic nitrogens is 5. The van der Waals surface area contributed by atoms with Crippen molar-refractivity contribution in [2.24, 2.45) is 0 Å². The number of alkyl halides is 1. The van der Waals surface area contributed by atoms with E-state index in [-0.39, 0.29) is 0 Å². The van der Waals surface area contributed by atoms with Crippen LogP contribution in [0.25, 0.3) is 11.2 Å². The number of fused-ring (bicyclic) bond motifs is 1. The molecule has 0 atom stereocenters. The highest BCUT2D eigenvalue weighted by atomic mass is 35.5. The Labute approximate surface area is 119 Å². The monoisotopic (exact) mass is 293 g/mol. The lowest BCUT2D eigenvalue weighted by Gasteiger charge is -2.05. The van der Waals surface area contributed by atoms with E-state index in [4.69, 9.17) is 20.9 Å². The van der Waals surface area contributed by atoms with Crippen molar-refractivity contribution in [3.63, 3.8) is 0 Å². The van der Waals surface area contributed by atoms with Gasteiger partial charge in [0.2, 0.25) is 12.3 Å². The summed E-state index contributed by atoms with van der Waals surface area (Å²) in [6.07, 6.45) is 1.93. The molecule has 3 rings (SSSR count). The molecule has 0 radical (unpaired) electrons. The number of pyridine rings is 1. The molecule has 0 saturated heterocycles. The fourth-order valence-corrected chi connectivity index (χ4v) is 2.16. The van der Waals surface area contributed by atoms with E-state index in [2.05, 4.69) is 20.1 Å². The van der Waals surface area contributed by atoms with Crippen LogP contribution < -0.4 is 4.74 Å². The van der Waals surface area contributed by atoms with Gasteiger partial charge in [0.25, 0.3) is 0 Å². The molecule has 0 unspecified atom stereocenters.